The molecule has 3 heteroatoms. The average Bonchev–Trinajstić information content (AvgIpc) is 2.91. The summed E-state index contributed by atoms with van der Waals surface area (Å²) in [5.74, 6) is 3.69. The average molecular weight is 363 g/mol. The van der Waals surface area contributed by atoms with E-state index in [4.69, 9.17) is 0 Å². The summed E-state index contributed by atoms with van der Waals surface area (Å²) in [7, 11) is 0. The summed E-state index contributed by atoms with van der Waals surface area (Å²) < 4.78 is 0. The lowest BCUT2D eigenvalue weighted by Gasteiger charge is -2.61. The van der Waals surface area contributed by atoms with Crippen LogP contribution in [0.5, 0.6) is 0 Å². The number of fused-ring (bicyclic) bond motifs is 5. The Morgan fingerprint density at radius 2 is 1.58 bits per heavy atom. The molecule has 8 atom stereocenters. The fourth-order valence-corrected chi connectivity index (χ4v) is 8.31. The first kappa shape index (κ1) is 18.9. The van der Waals surface area contributed by atoms with E-state index in [0.29, 0.717) is 11.8 Å². The Balaban J connectivity index is 1.63. The zero-order chi connectivity index (χ0) is 18.9. The van der Waals surface area contributed by atoms with Crippen LogP contribution < -0.4 is 0 Å². The number of aliphatic hydroxyl groups is 2. The van der Waals surface area contributed by atoms with Crippen molar-refractivity contribution in [1.29, 1.82) is 0 Å². The summed E-state index contributed by atoms with van der Waals surface area (Å²) in [5.41, 5.74) is -0.113. The van der Waals surface area contributed by atoms with Crippen molar-refractivity contribution >= 4 is 5.78 Å². The van der Waals surface area contributed by atoms with E-state index in [2.05, 4.69) is 20.8 Å². The molecule has 0 heterocycles. The Morgan fingerprint density at radius 1 is 0.885 bits per heavy atom. The first-order valence-corrected chi connectivity index (χ1v) is 10.9. The van der Waals surface area contributed by atoms with E-state index < -0.39 is 5.60 Å². The molecule has 4 aliphatic rings. The quantitative estimate of drug-likeness (QED) is 0.774. The number of carbonyl (C=O) groups is 1. The minimum Gasteiger partial charge on any atom is -0.390 e. The van der Waals surface area contributed by atoms with Gasteiger partial charge in [0.25, 0.3) is 0 Å². The Hall–Kier alpha value is -0.410. The third-order valence-electron chi connectivity index (χ3n) is 9.55. The largest absolute Gasteiger partial charge is 0.390 e. The third kappa shape index (κ3) is 2.71. The fourth-order valence-electron chi connectivity index (χ4n) is 8.31. The molecule has 0 spiro atoms. The molecule has 0 aromatic heterocycles. The van der Waals surface area contributed by atoms with Gasteiger partial charge < -0.3 is 10.2 Å². The van der Waals surface area contributed by atoms with E-state index in [0.717, 1.165) is 43.4 Å². The fraction of sp³-hybridized carbons (Fsp3) is 0.957. The summed E-state index contributed by atoms with van der Waals surface area (Å²) in [5, 5.41) is 20.1. The number of aliphatic hydroxyl groups excluding tert-OH is 1. The standard InChI is InChI=1S/C23H38O3/c1-21(2)11-16-14(15-7-9-22(3,26)12-19(15)21)8-10-23(4)17(16)5-6-18(23)20(25)13-24/h14-19,24,26H,5-13H2,1-4H3/t14-,15-,16-,17+,18-,19+,22+,23+/m1/s1. The smallest absolute Gasteiger partial charge is 0.161 e. The van der Waals surface area contributed by atoms with Gasteiger partial charge in [0, 0.05) is 5.92 Å². The first-order valence-electron chi connectivity index (χ1n) is 10.9. The van der Waals surface area contributed by atoms with Gasteiger partial charge in [0.1, 0.15) is 6.61 Å². The van der Waals surface area contributed by atoms with Crippen molar-refractivity contribution in [3.8, 4) is 0 Å². The summed E-state index contributed by atoms with van der Waals surface area (Å²) in [6.07, 6.45) is 8.86. The van der Waals surface area contributed by atoms with Gasteiger partial charge in [0.2, 0.25) is 0 Å². The van der Waals surface area contributed by atoms with Crippen molar-refractivity contribution < 1.29 is 15.0 Å². The van der Waals surface area contributed by atoms with Gasteiger partial charge in [-0.15, -0.1) is 0 Å². The van der Waals surface area contributed by atoms with Crippen LogP contribution in [0.1, 0.15) is 79.1 Å². The summed E-state index contributed by atoms with van der Waals surface area (Å²) in [6.45, 7) is 8.96. The van der Waals surface area contributed by atoms with Gasteiger partial charge >= 0.3 is 0 Å². The van der Waals surface area contributed by atoms with E-state index in [1.165, 1.54) is 25.7 Å². The van der Waals surface area contributed by atoms with Crippen LogP contribution in [0.3, 0.4) is 0 Å². The Labute approximate surface area is 158 Å². The van der Waals surface area contributed by atoms with Crippen LogP contribution in [0.25, 0.3) is 0 Å². The Bertz CT molecular complexity index is 580. The van der Waals surface area contributed by atoms with Gasteiger partial charge in [-0.05, 0) is 98.7 Å². The number of hydrogen-bond donors (Lipinski definition) is 2. The third-order valence-corrected chi connectivity index (χ3v) is 9.55. The second-order valence-electron chi connectivity index (χ2n) is 11.4. The van der Waals surface area contributed by atoms with Crippen LogP contribution in [0.4, 0.5) is 0 Å². The van der Waals surface area contributed by atoms with Crippen LogP contribution in [-0.4, -0.2) is 28.2 Å². The minimum atomic E-state index is -0.486. The monoisotopic (exact) mass is 362 g/mol. The molecule has 4 aliphatic carbocycles. The highest BCUT2D eigenvalue weighted by Gasteiger charge is 2.61. The van der Waals surface area contributed by atoms with Crippen LogP contribution in [0.15, 0.2) is 0 Å². The lowest BCUT2D eigenvalue weighted by Crippen LogP contribution is -2.56. The maximum atomic E-state index is 12.4. The number of hydrogen-bond acceptors (Lipinski definition) is 3. The lowest BCUT2D eigenvalue weighted by atomic mass is 9.44. The molecule has 0 aliphatic heterocycles. The molecule has 26 heavy (non-hydrogen) atoms. The van der Waals surface area contributed by atoms with Crippen LogP contribution in [0.2, 0.25) is 0 Å². The van der Waals surface area contributed by atoms with Gasteiger partial charge in [0.15, 0.2) is 5.78 Å². The molecule has 0 radical (unpaired) electrons. The second-order valence-corrected chi connectivity index (χ2v) is 11.4. The molecule has 0 aromatic rings. The molecule has 4 saturated carbocycles. The summed E-state index contributed by atoms with van der Waals surface area (Å²) in [6, 6.07) is 0. The topological polar surface area (TPSA) is 57.5 Å². The number of ketones is 1. The van der Waals surface area contributed by atoms with Crippen LogP contribution in [-0.2, 0) is 4.79 Å². The van der Waals surface area contributed by atoms with Gasteiger partial charge in [-0.25, -0.2) is 0 Å². The lowest BCUT2D eigenvalue weighted by molar-refractivity contribution is -0.151. The molecule has 2 N–H and O–H groups in total. The number of carbonyl (C=O) groups excluding carboxylic acids is 1. The van der Waals surface area contributed by atoms with Gasteiger partial charge in [0.05, 0.1) is 5.60 Å². The van der Waals surface area contributed by atoms with Crippen molar-refractivity contribution in [2.24, 2.45) is 46.3 Å². The molecule has 0 saturated heterocycles. The predicted molar refractivity (Wildman–Crippen MR) is 102 cm³/mol. The molecular weight excluding hydrogens is 324 g/mol. The van der Waals surface area contributed by atoms with Crippen molar-refractivity contribution in [1.82, 2.24) is 0 Å². The van der Waals surface area contributed by atoms with E-state index in [1.807, 2.05) is 6.92 Å². The second kappa shape index (κ2) is 6.04. The van der Waals surface area contributed by atoms with Gasteiger partial charge in [-0.2, -0.15) is 0 Å². The molecule has 4 rings (SSSR count). The predicted octanol–water partition coefficient (Wildman–Crippen LogP) is 4.20. The minimum absolute atomic E-state index is 0.0753. The highest BCUT2D eigenvalue weighted by molar-refractivity contribution is 5.83. The first-order chi connectivity index (χ1) is 12.1. The highest BCUT2D eigenvalue weighted by Crippen LogP contribution is 2.67. The summed E-state index contributed by atoms with van der Waals surface area (Å²) in [4.78, 5) is 12.4. The molecule has 0 bridgehead atoms. The maximum absolute atomic E-state index is 12.4. The molecule has 0 aromatic carbocycles. The molecular formula is C23H38O3. The zero-order valence-corrected chi connectivity index (χ0v) is 17.1. The number of rotatable bonds is 2. The molecule has 3 nitrogen and oxygen atoms in total. The van der Waals surface area contributed by atoms with Crippen molar-refractivity contribution in [2.45, 2.75) is 84.7 Å². The van der Waals surface area contributed by atoms with Crippen molar-refractivity contribution in [2.75, 3.05) is 6.61 Å². The van der Waals surface area contributed by atoms with Gasteiger partial charge in [-0.3, -0.25) is 4.79 Å². The van der Waals surface area contributed by atoms with E-state index >= 15 is 0 Å². The van der Waals surface area contributed by atoms with Crippen molar-refractivity contribution in [3.05, 3.63) is 0 Å². The van der Waals surface area contributed by atoms with E-state index in [-0.39, 0.29) is 29.1 Å². The molecule has 0 unspecified atom stereocenters. The molecule has 0 amide bonds. The Morgan fingerprint density at radius 3 is 2.27 bits per heavy atom. The molecule has 4 fully saturated rings. The van der Waals surface area contributed by atoms with Crippen molar-refractivity contribution in [3.63, 3.8) is 0 Å². The number of Topliss-reactive ketones (excluding diaryl/α,β-unsaturated/α-hetero) is 1. The zero-order valence-electron chi connectivity index (χ0n) is 17.1. The van der Waals surface area contributed by atoms with Gasteiger partial charge in [-0.1, -0.05) is 20.8 Å². The Kier molecular flexibility index (Phi) is 4.40. The molecule has 148 valence electrons. The van der Waals surface area contributed by atoms with E-state index in [1.54, 1.807) is 0 Å². The van der Waals surface area contributed by atoms with Crippen LogP contribution >= 0.6 is 0 Å². The summed E-state index contributed by atoms with van der Waals surface area (Å²) >= 11 is 0. The van der Waals surface area contributed by atoms with Crippen LogP contribution in [0, 0.1) is 46.3 Å². The SMILES string of the molecule is CC1(C)C[C@@H]2[C@H](CC[C@]3(C)[C@@H](C(=O)CO)CC[C@@H]23)[C@H]2CC[C@](C)(O)C[C@@H]21. The normalized spacial score (nSPS) is 52.7. The van der Waals surface area contributed by atoms with E-state index in [9.17, 15) is 15.0 Å². The highest BCUT2D eigenvalue weighted by atomic mass is 16.3. The maximum Gasteiger partial charge on any atom is 0.161 e.